The van der Waals surface area contributed by atoms with Crippen molar-refractivity contribution in [3.8, 4) is 0 Å². The van der Waals surface area contributed by atoms with Gasteiger partial charge < -0.3 is 14.7 Å². The normalized spacial score (nSPS) is 21.2. The number of hydrogen-bond acceptors (Lipinski definition) is 4. The van der Waals surface area contributed by atoms with Crippen LogP contribution in [0.3, 0.4) is 0 Å². The van der Waals surface area contributed by atoms with Crippen molar-refractivity contribution < 1.29 is 14.4 Å². The summed E-state index contributed by atoms with van der Waals surface area (Å²) < 4.78 is 0. The first kappa shape index (κ1) is 17.4. The van der Waals surface area contributed by atoms with Crippen LogP contribution in [0.4, 0.5) is 0 Å². The van der Waals surface area contributed by atoms with Crippen molar-refractivity contribution in [2.45, 2.75) is 26.3 Å². The molecule has 2 saturated heterocycles. The molecule has 2 fully saturated rings. The van der Waals surface area contributed by atoms with Gasteiger partial charge in [-0.1, -0.05) is 0 Å². The van der Waals surface area contributed by atoms with Crippen molar-refractivity contribution in [2.75, 3.05) is 32.7 Å². The van der Waals surface area contributed by atoms with Gasteiger partial charge >= 0.3 is 0 Å². The summed E-state index contributed by atoms with van der Waals surface area (Å²) in [5.74, 6) is -0.193. The minimum atomic E-state index is -0.252. The molecule has 134 valence electrons. The van der Waals surface area contributed by atoms with E-state index in [0.29, 0.717) is 44.7 Å². The zero-order valence-corrected chi connectivity index (χ0v) is 14.7. The zero-order chi connectivity index (χ0) is 18.0. The van der Waals surface area contributed by atoms with Crippen molar-refractivity contribution >= 4 is 17.7 Å². The molecule has 3 amide bonds. The predicted octanol–water partition coefficient (Wildman–Crippen LogP) is 0.623. The topological polar surface area (TPSA) is 73.8 Å². The Morgan fingerprint density at radius 2 is 1.68 bits per heavy atom. The van der Waals surface area contributed by atoms with Gasteiger partial charge in [0.1, 0.15) is 0 Å². The Kier molecular flexibility index (Phi) is 5.01. The van der Waals surface area contributed by atoms with Crippen molar-refractivity contribution in [2.24, 2.45) is 5.92 Å². The van der Waals surface area contributed by atoms with E-state index in [0.717, 1.165) is 0 Å². The number of nitrogens with zero attached hydrogens (tertiary/aromatic N) is 4. The Hall–Kier alpha value is -2.44. The summed E-state index contributed by atoms with van der Waals surface area (Å²) in [5, 5.41) is 0. The Balaban J connectivity index is 1.55. The monoisotopic (exact) mass is 344 g/mol. The van der Waals surface area contributed by atoms with Crippen LogP contribution in [-0.2, 0) is 9.59 Å². The van der Waals surface area contributed by atoms with Crippen molar-refractivity contribution in [3.05, 3.63) is 30.1 Å². The van der Waals surface area contributed by atoms with Gasteiger partial charge in [-0.15, -0.1) is 0 Å². The smallest absolute Gasteiger partial charge is 0.254 e. The van der Waals surface area contributed by atoms with Gasteiger partial charge in [0.15, 0.2) is 0 Å². The highest BCUT2D eigenvalue weighted by molar-refractivity contribution is 5.94. The average molecular weight is 344 g/mol. The molecule has 2 aliphatic heterocycles. The van der Waals surface area contributed by atoms with Crippen LogP contribution in [0.2, 0.25) is 0 Å². The number of amides is 3. The van der Waals surface area contributed by atoms with Crippen LogP contribution in [0.1, 0.15) is 30.6 Å². The maximum absolute atomic E-state index is 12.7. The van der Waals surface area contributed by atoms with Crippen LogP contribution in [0.15, 0.2) is 24.5 Å². The van der Waals surface area contributed by atoms with Gasteiger partial charge in [-0.05, 0) is 26.0 Å². The lowest BCUT2D eigenvalue weighted by atomic mass is 10.1. The Bertz CT molecular complexity index is 654. The van der Waals surface area contributed by atoms with Crippen LogP contribution in [0.25, 0.3) is 0 Å². The molecular weight excluding hydrogens is 320 g/mol. The van der Waals surface area contributed by atoms with E-state index >= 15 is 0 Å². The highest BCUT2D eigenvalue weighted by atomic mass is 16.2. The first-order valence-electron chi connectivity index (χ1n) is 8.75. The number of likely N-dealkylation sites (tertiary alicyclic amines) is 1. The average Bonchev–Trinajstić information content (AvgIpc) is 3.03. The molecule has 0 radical (unpaired) electrons. The number of carbonyl (C=O) groups is 3. The molecule has 1 atom stereocenters. The highest BCUT2D eigenvalue weighted by Gasteiger charge is 2.38. The van der Waals surface area contributed by atoms with Gasteiger partial charge in [-0.25, -0.2) is 0 Å². The third kappa shape index (κ3) is 3.65. The van der Waals surface area contributed by atoms with Crippen molar-refractivity contribution in [3.63, 3.8) is 0 Å². The van der Waals surface area contributed by atoms with E-state index in [4.69, 9.17) is 0 Å². The van der Waals surface area contributed by atoms with Crippen LogP contribution in [-0.4, -0.2) is 76.2 Å². The molecule has 0 saturated carbocycles. The van der Waals surface area contributed by atoms with E-state index in [1.54, 1.807) is 39.2 Å². The molecule has 25 heavy (non-hydrogen) atoms. The summed E-state index contributed by atoms with van der Waals surface area (Å²) in [5.41, 5.74) is 0.615. The number of rotatable bonds is 3. The number of hydrogen-bond donors (Lipinski definition) is 0. The maximum Gasteiger partial charge on any atom is 0.254 e. The molecule has 7 heteroatoms. The standard InChI is InChI=1S/C18H24N4O3/c1-13(2)22-12-15(11-16(22)23)18(25)21-9-7-20(8-10-21)17(24)14-3-5-19-6-4-14/h3-6,13,15H,7-12H2,1-2H3. The fourth-order valence-electron chi connectivity index (χ4n) is 3.46. The Morgan fingerprint density at radius 1 is 1.08 bits per heavy atom. The van der Waals surface area contributed by atoms with Gasteiger partial charge in [0, 0.05) is 63.1 Å². The summed E-state index contributed by atoms with van der Waals surface area (Å²) in [6, 6.07) is 3.52. The van der Waals surface area contributed by atoms with Crippen LogP contribution < -0.4 is 0 Å². The third-order valence-electron chi connectivity index (χ3n) is 4.94. The number of pyridine rings is 1. The van der Waals surface area contributed by atoms with E-state index in [-0.39, 0.29) is 29.7 Å². The minimum Gasteiger partial charge on any atom is -0.339 e. The van der Waals surface area contributed by atoms with Gasteiger partial charge in [0.2, 0.25) is 11.8 Å². The fraction of sp³-hybridized carbons (Fsp3) is 0.556. The van der Waals surface area contributed by atoms with E-state index in [2.05, 4.69) is 4.98 Å². The highest BCUT2D eigenvalue weighted by Crippen LogP contribution is 2.23. The molecule has 7 nitrogen and oxygen atoms in total. The molecule has 0 spiro atoms. The van der Waals surface area contributed by atoms with E-state index in [1.165, 1.54) is 0 Å². The lowest BCUT2D eigenvalue weighted by Crippen LogP contribution is -2.52. The predicted molar refractivity (Wildman–Crippen MR) is 91.7 cm³/mol. The summed E-state index contributed by atoms with van der Waals surface area (Å²) in [6.45, 7) is 6.50. The van der Waals surface area contributed by atoms with Crippen LogP contribution in [0.5, 0.6) is 0 Å². The Labute approximate surface area is 147 Å². The largest absolute Gasteiger partial charge is 0.339 e. The molecular formula is C18H24N4O3. The molecule has 2 aliphatic rings. The summed E-state index contributed by atoms with van der Waals surface area (Å²) in [7, 11) is 0. The number of carbonyl (C=O) groups excluding carboxylic acids is 3. The minimum absolute atomic E-state index is 0.0310. The Morgan fingerprint density at radius 3 is 2.24 bits per heavy atom. The zero-order valence-electron chi connectivity index (χ0n) is 14.7. The molecule has 0 bridgehead atoms. The summed E-state index contributed by atoms with van der Waals surface area (Å²) in [4.78, 5) is 46.4. The SMILES string of the molecule is CC(C)N1CC(C(=O)N2CCN(C(=O)c3ccncc3)CC2)CC1=O. The molecule has 1 unspecified atom stereocenters. The number of aromatic nitrogens is 1. The molecule has 3 heterocycles. The molecule has 1 aromatic heterocycles. The summed E-state index contributed by atoms with van der Waals surface area (Å²) >= 11 is 0. The molecule has 0 aliphatic carbocycles. The van der Waals surface area contributed by atoms with Gasteiger partial charge in [-0.2, -0.15) is 0 Å². The molecule has 0 aromatic carbocycles. The van der Waals surface area contributed by atoms with E-state index < -0.39 is 0 Å². The van der Waals surface area contributed by atoms with Gasteiger partial charge in [0.05, 0.1) is 5.92 Å². The molecule has 1 aromatic rings. The van der Waals surface area contributed by atoms with E-state index in [1.807, 2.05) is 13.8 Å². The first-order valence-corrected chi connectivity index (χ1v) is 8.75. The van der Waals surface area contributed by atoms with Crippen LogP contribution >= 0.6 is 0 Å². The van der Waals surface area contributed by atoms with E-state index in [9.17, 15) is 14.4 Å². The lowest BCUT2D eigenvalue weighted by Gasteiger charge is -2.36. The fourth-order valence-corrected chi connectivity index (χ4v) is 3.46. The summed E-state index contributed by atoms with van der Waals surface area (Å²) in [6.07, 6.45) is 3.50. The third-order valence-corrected chi connectivity index (χ3v) is 4.94. The number of piperazine rings is 1. The molecule has 3 rings (SSSR count). The first-order chi connectivity index (χ1) is 12.0. The van der Waals surface area contributed by atoms with Gasteiger partial charge in [-0.3, -0.25) is 19.4 Å². The van der Waals surface area contributed by atoms with Crippen molar-refractivity contribution in [1.29, 1.82) is 0 Å². The quantitative estimate of drug-likeness (QED) is 0.806. The van der Waals surface area contributed by atoms with Gasteiger partial charge in [0.25, 0.3) is 5.91 Å². The van der Waals surface area contributed by atoms with Crippen molar-refractivity contribution in [1.82, 2.24) is 19.7 Å². The molecule has 0 N–H and O–H groups in total. The second-order valence-electron chi connectivity index (χ2n) is 6.89. The second-order valence-corrected chi connectivity index (χ2v) is 6.89. The second kappa shape index (κ2) is 7.21. The maximum atomic E-state index is 12.7. The van der Waals surface area contributed by atoms with Crippen LogP contribution in [0, 0.1) is 5.92 Å². The lowest BCUT2D eigenvalue weighted by molar-refractivity contribution is -0.137.